The van der Waals surface area contributed by atoms with Crippen molar-refractivity contribution in [3.05, 3.63) is 71.8 Å². The third-order valence-electron chi connectivity index (χ3n) is 6.65. The molecule has 2 aromatic rings. The van der Waals surface area contributed by atoms with E-state index in [-0.39, 0.29) is 30.6 Å². The average molecular weight is 378 g/mol. The van der Waals surface area contributed by atoms with Crippen LogP contribution in [-0.4, -0.2) is 30.3 Å². The Hall–Kier alpha value is -2.66. The summed E-state index contributed by atoms with van der Waals surface area (Å²) in [5.74, 6) is -0.551. The lowest BCUT2D eigenvalue weighted by Crippen LogP contribution is -2.72. The van der Waals surface area contributed by atoms with E-state index in [4.69, 9.17) is 14.2 Å². The molecule has 5 rings (SSSR count). The summed E-state index contributed by atoms with van der Waals surface area (Å²) >= 11 is 0. The Morgan fingerprint density at radius 1 is 1.04 bits per heavy atom. The van der Waals surface area contributed by atoms with Crippen LogP contribution < -0.4 is 0 Å². The first-order valence-corrected chi connectivity index (χ1v) is 9.77. The van der Waals surface area contributed by atoms with Crippen molar-refractivity contribution in [1.29, 1.82) is 0 Å². The fourth-order valence-electron chi connectivity index (χ4n) is 5.28. The summed E-state index contributed by atoms with van der Waals surface area (Å²) in [6.07, 6.45) is 2.25. The number of benzene rings is 2. The molecule has 2 aliphatic carbocycles. The molecule has 0 spiro atoms. The van der Waals surface area contributed by atoms with Gasteiger partial charge in [0.25, 0.3) is 0 Å². The van der Waals surface area contributed by atoms with E-state index >= 15 is 0 Å². The van der Waals surface area contributed by atoms with E-state index < -0.39 is 11.0 Å². The van der Waals surface area contributed by atoms with Crippen LogP contribution in [0.2, 0.25) is 0 Å². The number of carbonyl (C=O) groups is 2. The largest absolute Gasteiger partial charge is 0.461 e. The molecule has 28 heavy (non-hydrogen) atoms. The van der Waals surface area contributed by atoms with Crippen molar-refractivity contribution in [2.75, 3.05) is 6.61 Å². The molecule has 0 N–H and O–H groups in total. The van der Waals surface area contributed by atoms with Gasteiger partial charge in [-0.05, 0) is 37.0 Å². The molecule has 4 atom stereocenters. The summed E-state index contributed by atoms with van der Waals surface area (Å²) in [4.78, 5) is 25.3. The summed E-state index contributed by atoms with van der Waals surface area (Å²) in [7, 11) is 0. The van der Waals surface area contributed by atoms with Gasteiger partial charge in [0.15, 0.2) is 5.60 Å². The van der Waals surface area contributed by atoms with E-state index in [1.807, 2.05) is 36.4 Å². The van der Waals surface area contributed by atoms with Crippen LogP contribution in [0.25, 0.3) is 0 Å². The van der Waals surface area contributed by atoms with Crippen molar-refractivity contribution >= 4 is 11.9 Å². The van der Waals surface area contributed by atoms with Crippen molar-refractivity contribution in [3.63, 3.8) is 0 Å². The molecule has 1 saturated heterocycles. The van der Waals surface area contributed by atoms with Crippen LogP contribution in [-0.2, 0) is 25.6 Å². The van der Waals surface area contributed by atoms with Crippen LogP contribution in [0.3, 0.4) is 0 Å². The summed E-state index contributed by atoms with van der Waals surface area (Å²) in [6, 6.07) is 18.7. The monoisotopic (exact) mass is 378 g/mol. The number of esters is 2. The Morgan fingerprint density at radius 3 is 2.50 bits per heavy atom. The van der Waals surface area contributed by atoms with Gasteiger partial charge in [0, 0.05) is 5.92 Å². The highest BCUT2D eigenvalue weighted by molar-refractivity contribution is 5.90. The second-order valence-electron chi connectivity index (χ2n) is 7.98. The van der Waals surface area contributed by atoms with Crippen molar-refractivity contribution in [1.82, 2.24) is 0 Å². The van der Waals surface area contributed by atoms with Gasteiger partial charge >= 0.3 is 11.9 Å². The van der Waals surface area contributed by atoms with E-state index in [2.05, 4.69) is 0 Å². The predicted octanol–water partition coefficient (Wildman–Crippen LogP) is 3.52. The molecule has 1 aliphatic heterocycles. The minimum atomic E-state index is -0.997. The maximum atomic E-state index is 12.9. The van der Waals surface area contributed by atoms with E-state index in [1.54, 1.807) is 24.3 Å². The highest BCUT2D eigenvalue weighted by Gasteiger charge is 2.81. The minimum Gasteiger partial charge on any atom is -0.461 e. The summed E-state index contributed by atoms with van der Waals surface area (Å²) in [6.45, 7) is 0.482. The van der Waals surface area contributed by atoms with Crippen molar-refractivity contribution in [2.45, 2.75) is 37.6 Å². The first kappa shape index (κ1) is 17.4. The van der Waals surface area contributed by atoms with Crippen LogP contribution >= 0.6 is 0 Å². The Bertz CT molecular complexity index is 896. The molecule has 5 heteroatoms. The molecule has 0 radical (unpaired) electrons. The lowest BCUT2D eigenvalue weighted by atomic mass is 9.44. The Balaban J connectivity index is 1.37. The fraction of sp³-hybridized carbons (Fsp3) is 0.391. The maximum Gasteiger partial charge on any atom is 0.339 e. The Morgan fingerprint density at radius 2 is 1.75 bits per heavy atom. The molecular weight excluding hydrogens is 356 g/mol. The molecule has 3 aliphatic rings. The zero-order chi connectivity index (χ0) is 19.2. The molecule has 2 bridgehead atoms. The van der Waals surface area contributed by atoms with Gasteiger partial charge in [0.2, 0.25) is 0 Å². The molecule has 0 aromatic heterocycles. The van der Waals surface area contributed by atoms with Crippen LogP contribution in [0.5, 0.6) is 0 Å². The van der Waals surface area contributed by atoms with Gasteiger partial charge < -0.3 is 14.2 Å². The standard InChI is InChI=1S/C23H22O5/c24-20(17-9-5-2-6-10-17)26-15-22-13-18-11-12-19(22)28-21(25)23(18,22)27-14-16-7-3-1-4-8-16/h1-10,18-19H,11-15H2/t18-,19+,22+,23-/m0/s1. The van der Waals surface area contributed by atoms with E-state index in [1.165, 1.54) is 0 Å². The number of carbonyl (C=O) groups excluding carboxylic acids is 2. The predicted molar refractivity (Wildman–Crippen MR) is 100 cm³/mol. The third kappa shape index (κ3) is 2.35. The van der Waals surface area contributed by atoms with E-state index in [0.717, 1.165) is 24.8 Å². The molecule has 2 aromatic carbocycles. The fourth-order valence-corrected chi connectivity index (χ4v) is 5.28. The van der Waals surface area contributed by atoms with Gasteiger partial charge in [-0.2, -0.15) is 0 Å². The quantitative estimate of drug-likeness (QED) is 0.720. The van der Waals surface area contributed by atoms with Gasteiger partial charge in [-0.3, -0.25) is 0 Å². The van der Waals surface area contributed by atoms with Crippen molar-refractivity contribution < 1.29 is 23.8 Å². The van der Waals surface area contributed by atoms with Crippen LogP contribution in [0.4, 0.5) is 0 Å². The molecular formula is C23H22O5. The SMILES string of the molecule is O=C(OC[C@]12C[C@@H]3CC[C@H]1OC(=O)[C@@]32OCc1ccccc1)c1ccccc1. The van der Waals surface area contributed by atoms with Crippen molar-refractivity contribution in [3.8, 4) is 0 Å². The number of rotatable bonds is 6. The summed E-state index contributed by atoms with van der Waals surface area (Å²) in [5, 5.41) is 0. The van der Waals surface area contributed by atoms with Gasteiger partial charge in [0.1, 0.15) is 12.7 Å². The van der Waals surface area contributed by atoms with Crippen LogP contribution in [0, 0.1) is 11.3 Å². The molecule has 144 valence electrons. The molecule has 0 amide bonds. The van der Waals surface area contributed by atoms with Crippen molar-refractivity contribution in [2.24, 2.45) is 11.3 Å². The molecule has 2 saturated carbocycles. The smallest absolute Gasteiger partial charge is 0.339 e. The second-order valence-corrected chi connectivity index (χ2v) is 7.98. The Kier molecular flexibility index (Phi) is 4.02. The van der Waals surface area contributed by atoms with Crippen LogP contribution in [0.1, 0.15) is 35.2 Å². The number of fused-ring (bicyclic) bond motifs is 2. The third-order valence-corrected chi connectivity index (χ3v) is 6.65. The highest BCUT2D eigenvalue weighted by atomic mass is 16.6. The first-order valence-electron chi connectivity index (χ1n) is 9.77. The lowest BCUT2D eigenvalue weighted by Gasteiger charge is -2.60. The van der Waals surface area contributed by atoms with E-state index in [0.29, 0.717) is 12.2 Å². The molecule has 3 fully saturated rings. The minimum absolute atomic E-state index is 0.123. The number of ether oxygens (including phenoxy) is 3. The van der Waals surface area contributed by atoms with Gasteiger partial charge in [-0.15, -0.1) is 0 Å². The average Bonchev–Trinajstić information content (AvgIpc) is 2.82. The molecule has 5 nitrogen and oxygen atoms in total. The maximum absolute atomic E-state index is 12.9. The summed E-state index contributed by atoms with van der Waals surface area (Å²) < 4.78 is 17.7. The van der Waals surface area contributed by atoms with Crippen LogP contribution in [0.15, 0.2) is 60.7 Å². The van der Waals surface area contributed by atoms with Gasteiger partial charge in [0.05, 0.1) is 17.6 Å². The summed E-state index contributed by atoms with van der Waals surface area (Å²) in [5.41, 5.74) is -0.0615. The lowest BCUT2D eigenvalue weighted by molar-refractivity contribution is -0.259. The topological polar surface area (TPSA) is 61.8 Å². The number of hydrogen-bond donors (Lipinski definition) is 0. The second kappa shape index (κ2) is 6.45. The highest BCUT2D eigenvalue weighted by Crippen LogP contribution is 2.69. The number of hydrogen-bond acceptors (Lipinski definition) is 5. The van der Waals surface area contributed by atoms with Gasteiger partial charge in [-0.25, -0.2) is 9.59 Å². The normalized spacial score (nSPS) is 32.4. The zero-order valence-electron chi connectivity index (χ0n) is 15.5. The first-order chi connectivity index (χ1) is 13.7. The zero-order valence-corrected chi connectivity index (χ0v) is 15.5. The Labute approximate surface area is 163 Å². The van der Waals surface area contributed by atoms with E-state index in [9.17, 15) is 9.59 Å². The molecule has 0 unspecified atom stereocenters. The molecule has 1 heterocycles. The van der Waals surface area contributed by atoms with Gasteiger partial charge in [-0.1, -0.05) is 48.5 Å².